The molecule has 16 heavy (non-hydrogen) atoms. The van der Waals surface area contributed by atoms with Crippen molar-refractivity contribution in [2.75, 3.05) is 7.11 Å². The van der Waals surface area contributed by atoms with Gasteiger partial charge in [0.2, 0.25) is 6.08 Å². The van der Waals surface area contributed by atoms with Crippen molar-refractivity contribution in [1.29, 1.82) is 0 Å². The maximum Gasteiger partial charge on any atom is 0.337 e. The lowest BCUT2D eigenvalue weighted by Crippen LogP contribution is -1.99. The first-order valence-corrected chi connectivity index (χ1v) is 4.95. The minimum Gasteiger partial charge on any atom is -0.753 e. The highest BCUT2D eigenvalue weighted by atomic mass is 32.2. The molecule has 1 rings (SSSR count). The molecular weight excluding hydrogens is 234 g/mol. The summed E-state index contributed by atoms with van der Waals surface area (Å²) in [5.41, 5.74) is 0.588. The van der Waals surface area contributed by atoms with Crippen molar-refractivity contribution >= 4 is 23.3 Å². The molecule has 1 aromatic carbocycles. The van der Waals surface area contributed by atoms with Crippen LogP contribution in [0.15, 0.2) is 34.7 Å². The lowest BCUT2D eigenvalue weighted by atomic mass is 10.2. The summed E-state index contributed by atoms with van der Waals surface area (Å²) in [6.07, 6.45) is 0.829. The van der Waals surface area contributed by atoms with Gasteiger partial charge in [-0.2, -0.15) is 0 Å². The zero-order chi connectivity index (χ0) is 12.4. The number of hydrogen-bond donors (Lipinski definition) is 0. The van der Waals surface area contributed by atoms with Crippen LogP contribution in [0.1, 0.15) is 10.4 Å². The molecule has 0 aliphatic carbocycles. The fourth-order valence-electron chi connectivity index (χ4n) is 0.723. The van der Waals surface area contributed by atoms with Gasteiger partial charge in [0, 0.05) is 0 Å². The van der Waals surface area contributed by atoms with Gasteiger partial charge in [-0.05, 0) is 12.1 Å². The average molecular weight is 242 g/mol. The van der Waals surface area contributed by atoms with Gasteiger partial charge in [0.1, 0.15) is 0 Å². The van der Waals surface area contributed by atoms with E-state index in [1.54, 1.807) is 24.3 Å². The van der Waals surface area contributed by atoms with Gasteiger partial charge in [-0.3, -0.25) is 0 Å². The molecule has 7 heteroatoms. The first kappa shape index (κ1) is 14.2. The molecule has 0 bridgehead atoms. The summed E-state index contributed by atoms with van der Waals surface area (Å²) in [7, 11) is 1.37. The summed E-state index contributed by atoms with van der Waals surface area (Å²) in [5, 5.41) is 0. The third kappa shape index (κ3) is 6.61. The van der Waals surface area contributed by atoms with E-state index in [1.807, 2.05) is 6.07 Å². The Morgan fingerprint density at radius 3 is 2.31 bits per heavy atom. The summed E-state index contributed by atoms with van der Waals surface area (Å²) in [6.45, 7) is 0. The Hall–Kier alpha value is -1.82. The molecule has 0 saturated carbocycles. The Morgan fingerprint density at radius 2 is 2.00 bits per heavy atom. The van der Waals surface area contributed by atoms with E-state index in [0.717, 1.165) is 6.08 Å². The number of benzene rings is 1. The van der Waals surface area contributed by atoms with Crippen LogP contribution in [0.5, 0.6) is 0 Å². The van der Waals surface area contributed by atoms with E-state index in [9.17, 15) is 13.6 Å². The number of hydrogen-bond acceptors (Lipinski definition) is 5. The van der Waals surface area contributed by atoms with Crippen molar-refractivity contribution in [3.63, 3.8) is 0 Å². The Morgan fingerprint density at radius 1 is 1.44 bits per heavy atom. The third-order valence-corrected chi connectivity index (χ3v) is 1.53. The first-order chi connectivity index (χ1) is 7.61. The number of isocyanates is 1. The molecule has 0 aromatic heterocycles. The smallest absolute Gasteiger partial charge is 0.337 e. The SMILES string of the molecule is COC(=O)c1ccccc1.O=C=NS(=O)[O-]. The van der Waals surface area contributed by atoms with Gasteiger partial charge in [0.25, 0.3) is 0 Å². The van der Waals surface area contributed by atoms with E-state index < -0.39 is 11.3 Å². The van der Waals surface area contributed by atoms with Gasteiger partial charge in [0.05, 0.1) is 23.9 Å². The Labute approximate surface area is 94.4 Å². The molecule has 0 saturated heterocycles. The van der Waals surface area contributed by atoms with Gasteiger partial charge >= 0.3 is 5.97 Å². The van der Waals surface area contributed by atoms with Crippen molar-refractivity contribution in [2.45, 2.75) is 0 Å². The fraction of sp³-hybridized carbons (Fsp3) is 0.111. The van der Waals surface area contributed by atoms with E-state index in [2.05, 4.69) is 9.13 Å². The number of ether oxygens (including phenoxy) is 1. The normalized spacial score (nSPS) is 10.1. The topological polar surface area (TPSA) is 95.9 Å². The number of esters is 1. The molecule has 0 fully saturated rings. The zero-order valence-electron chi connectivity index (χ0n) is 8.28. The number of carbonyl (C=O) groups excluding carboxylic acids is 2. The third-order valence-electron chi connectivity index (χ3n) is 1.31. The Bertz CT molecular complexity index is 400. The minimum absolute atomic E-state index is 0.291. The predicted molar refractivity (Wildman–Crippen MR) is 54.8 cm³/mol. The summed E-state index contributed by atoms with van der Waals surface area (Å²) in [5.74, 6) is -0.291. The van der Waals surface area contributed by atoms with Crippen molar-refractivity contribution in [3.05, 3.63) is 35.9 Å². The van der Waals surface area contributed by atoms with Gasteiger partial charge in [0.15, 0.2) is 0 Å². The van der Waals surface area contributed by atoms with Crippen LogP contribution in [0.4, 0.5) is 0 Å². The number of methoxy groups -OCH3 is 1. The highest BCUT2D eigenvalue weighted by molar-refractivity contribution is 7.77. The number of carbonyl (C=O) groups is 1. The van der Waals surface area contributed by atoms with Crippen LogP contribution in [0.3, 0.4) is 0 Å². The van der Waals surface area contributed by atoms with Gasteiger partial charge < -0.3 is 9.29 Å². The van der Waals surface area contributed by atoms with Crippen LogP contribution in [0, 0.1) is 0 Å². The summed E-state index contributed by atoms with van der Waals surface area (Å²) in [6, 6.07) is 8.88. The van der Waals surface area contributed by atoms with Gasteiger partial charge in [-0.25, -0.2) is 13.8 Å². The quantitative estimate of drug-likeness (QED) is 0.327. The molecule has 0 aliphatic rings. The predicted octanol–water partition coefficient (Wildman–Crippen LogP) is 0.589. The molecule has 0 N–H and O–H groups in total. The lowest BCUT2D eigenvalue weighted by Gasteiger charge is -1.95. The maximum atomic E-state index is 10.8. The molecule has 86 valence electrons. The molecule has 6 nitrogen and oxygen atoms in total. The van der Waals surface area contributed by atoms with E-state index in [0.29, 0.717) is 5.56 Å². The molecular formula is C9H8NO5S-. The van der Waals surface area contributed by atoms with Crippen LogP contribution in [0.2, 0.25) is 0 Å². The standard InChI is InChI=1S/C8H8O2.CHNO3S/c1-10-8(9)7-5-3-2-4-6-7;3-1-2-6(4)5/h2-6H,1H3;(H,4,5)/p-1. The van der Waals surface area contributed by atoms with E-state index >= 15 is 0 Å². The summed E-state index contributed by atoms with van der Waals surface area (Å²) >= 11 is -2.61. The molecule has 1 unspecified atom stereocenters. The lowest BCUT2D eigenvalue weighted by molar-refractivity contribution is 0.0600. The fourth-order valence-corrected chi connectivity index (χ4v) is 0.783. The van der Waals surface area contributed by atoms with Crippen molar-refractivity contribution in [1.82, 2.24) is 0 Å². The molecule has 0 spiro atoms. The van der Waals surface area contributed by atoms with Crippen LogP contribution < -0.4 is 0 Å². The van der Waals surface area contributed by atoms with Crippen LogP contribution >= 0.6 is 0 Å². The second-order valence-electron chi connectivity index (χ2n) is 2.26. The maximum absolute atomic E-state index is 10.8. The molecule has 0 amide bonds. The molecule has 0 aliphatic heterocycles. The Kier molecular flexibility index (Phi) is 7.52. The van der Waals surface area contributed by atoms with E-state index in [1.165, 1.54) is 7.11 Å². The Balaban J connectivity index is 0.000000325. The van der Waals surface area contributed by atoms with Crippen LogP contribution in [0.25, 0.3) is 0 Å². The van der Waals surface area contributed by atoms with Crippen molar-refractivity contribution in [3.8, 4) is 0 Å². The van der Waals surface area contributed by atoms with Gasteiger partial charge in [-0.15, -0.1) is 4.40 Å². The molecule has 1 atom stereocenters. The van der Waals surface area contributed by atoms with E-state index in [-0.39, 0.29) is 5.97 Å². The minimum atomic E-state index is -2.61. The van der Waals surface area contributed by atoms with Crippen LogP contribution in [-0.4, -0.2) is 27.9 Å². The second-order valence-corrected chi connectivity index (χ2v) is 2.87. The van der Waals surface area contributed by atoms with Gasteiger partial charge in [-0.1, -0.05) is 18.2 Å². The molecule has 0 radical (unpaired) electrons. The average Bonchev–Trinajstić information content (AvgIpc) is 2.30. The van der Waals surface area contributed by atoms with Crippen molar-refractivity contribution < 1.29 is 23.1 Å². The van der Waals surface area contributed by atoms with Crippen LogP contribution in [-0.2, 0) is 20.8 Å². The second kappa shape index (κ2) is 8.49. The summed E-state index contributed by atoms with van der Waals surface area (Å²) in [4.78, 5) is 19.7. The summed E-state index contributed by atoms with van der Waals surface area (Å²) < 4.78 is 25.1. The number of nitrogens with zero attached hydrogens (tertiary/aromatic N) is 1. The first-order valence-electron chi connectivity index (χ1n) is 3.92. The largest absolute Gasteiger partial charge is 0.753 e. The highest BCUT2D eigenvalue weighted by Gasteiger charge is 2.00. The highest BCUT2D eigenvalue weighted by Crippen LogP contribution is 1.98. The monoisotopic (exact) mass is 242 g/mol. The molecule has 0 heterocycles. The number of rotatable bonds is 2. The zero-order valence-corrected chi connectivity index (χ0v) is 9.10. The van der Waals surface area contributed by atoms with E-state index in [4.69, 9.17) is 4.79 Å². The van der Waals surface area contributed by atoms with Crippen molar-refractivity contribution in [2.24, 2.45) is 4.40 Å². The molecule has 1 aromatic rings.